The fourth-order valence-corrected chi connectivity index (χ4v) is 3.34. The van der Waals surface area contributed by atoms with Crippen LogP contribution in [0.5, 0.6) is 5.75 Å². The molecule has 2 heterocycles. The molecule has 1 aliphatic heterocycles. The third kappa shape index (κ3) is 2.50. The van der Waals surface area contributed by atoms with E-state index in [0.717, 1.165) is 30.3 Å². The maximum atomic E-state index is 13.4. The number of likely N-dealkylation sites (tertiary alicyclic amines) is 1. The van der Waals surface area contributed by atoms with E-state index in [1.807, 2.05) is 18.2 Å². The van der Waals surface area contributed by atoms with E-state index >= 15 is 0 Å². The summed E-state index contributed by atoms with van der Waals surface area (Å²) >= 11 is 0. The van der Waals surface area contributed by atoms with E-state index in [0.29, 0.717) is 23.8 Å². The molecule has 0 aliphatic carbocycles. The monoisotopic (exact) mass is 294 g/mol. The molecular weight excluding hydrogens is 274 g/mol. The molecule has 114 valence electrons. The molecule has 1 N–H and O–H groups in total. The Morgan fingerprint density at radius 1 is 1.43 bits per heavy atom. The van der Waals surface area contributed by atoms with Gasteiger partial charge in [-0.1, -0.05) is 6.07 Å². The number of hydrogen-bond donors (Lipinski definition) is 1. The van der Waals surface area contributed by atoms with Gasteiger partial charge in [-0.3, -0.25) is 0 Å². The molecule has 1 saturated heterocycles. The summed E-state index contributed by atoms with van der Waals surface area (Å²) in [6.45, 7) is 1.04. The zero-order chi connectivity index (χ0) is 15.0. The fourth-order valence-electron chi connectivity index (χ4n) is 3.34. The van der Waals surface area contributed by atoms with Crippen molar-refractivity contribution in [3.63, 3.8) is 0 Å². The Labute approximate surface area is 122 Å². The van der Waals surface area contributed by atoms with E-state index in [-0.39, 0.29) is 5.69 Å². The first kappa shape index (κ1) is 14.3. The molecule has 5 heteroatoms. The van der Waals surface area contributed by atoms with E-state index in [9.17, 15) is 8.78 Å². The molecule has 0 radical (unpaired) electrons. The smallest absolute Gasteiger partial charge is 0.278 e. The lowest BCUT2D eigenvalue weighted by Gasteiger charge is -2.20. The number of nitrogens with zero attached hydrogens (tertiary/aromatic N) is 1. The number of halogens is 2. The second-order valence-corrected chi connectivity index (χ2v) is 5.68. The first-order chi connectivity index (χ1) is 10.1. The summed E-state index contributed by atoms with van der Waals surface area (Å²) in [5.41, 5.74) is 1.46. The van der Waals surface area contributed by atoms with Gasteiger partial charge >= 0.3 is 0 Å². The Bertz CT molecular complexity index is 638. The van der Waals surface area contributed by atoms with Gasteiger partial charge in [0.2, 0.25) is 0 Å². The molecular formula is C16H20F2N2O. The normalized spacial score (nSPS) is 19.8. The van der Waals surface area contributed by atoms with Crippen molar-refractivity contribution in [1.82, 2.24) is 9.88 Å². The standard InChI is InChI=1S/C16H20F2N2O/c1-20-8-4-5-10(20)9-11-14-12(19-15(11)16(17)18)6-3-7-13(14)21-2/h3,6-7,10,16,19H,4-5,8-9H2,1-2H3/t10-/m1/s1. The number of aromatic nitrogens is 1. The van der Waals surface area contributed by atoms with E-state index < -0.39 is 6.43 Å². The number of benzene rings is 1. The molecule has 1 aromatic carbocycles. The Kier molecular flexibility index (Phi) is 3.85. The zero-order valence-corrected chi connectivity index (χ0v) is 12.3. The van der Waals surface area contributed by atoms with Crippen molar-refractivity contribution in [2.24, 2.45) is 0 Å². The van der Waals surface area contributed by atoms with Gasteiger partial charge in [0.25, 0.3) is 6.43 Å². The van der Waals surface area contributed by atoms with Crippen LogP contribution in [0.2, 0.25) is 0 Å². The molecule has 0 bridgehead atoms. The van der Waals surface area contributed by atoms with Crippen LogP contribution in [0.3, 0.4) is 0 Å². The molecule has 3 rings (SSSR count). The number of aromatic amines is 1. The Hall–Kier alpha value is -1.62. The van der Waals surface area contributed by atoms with Crippen molar-refractivity contribution < 1.29 is 13.5 Å². The third-order valence-corrected chi connectivity index (χ3v) is 4.47. The van der Waals surface area contributed by atoms with Crippen molar-refractivity contribution in [2.45, 2.75) is 31.7 Å². The van der Waals surface area contributed by atoms with Gasteiger partial charge in [-0.2, -0.15) is 0 Å². The second kappa shape index (κ2) is 5.64. The minimum Gasteiger partial charge on any atom is -0.496 e. The van der Waals surface area contributed by atoms with E-state index in [1.54, 1.807) is 7.11 Å². The van der Waals surface area contributed by atoms with Crippen LogP contribution in [0.15, 0.2) is 18.2 Å². The van der Waals surface area contributed by atoms with E-state index in [4.69, 9.17) is 4.74 Å². The third-order valence-electron chi connectivity index (χ3n) is 4.47. The van der Waals surface area contributed by atoms with Crippen LogP contribution in [-0.4, -0.2) is 36.6 Å². The van der Waals surface area contributed by atoms with Gasteiger partial charge in [0.05, 0.1) is 12.8 Å². The predicted molar refractivity (Wildman–Crippen MR) is 79.2 cm³/mol. The van der Waals surface area contributed by atoms with Crippen LogP contribution in [0.25, 0.3) is 10.9 Å². The lowest BCUT2D eigenvalue weighted by atomic mass is 10.00. The first-order valence-corrected chi connectivity index (χ1v) is 7.27. The highest BCUT2D eigenvalue weighted by Crippen LogP contribution is 2.37. The van der Waals surface area contributed by atoms with Crippen LogP contribution in [-0.2, 0) is 6.42 Å². The summed E-state index contributed by atoms with van der Waals surface area (Å²) in [4.78, 5) is 5.13. The molecule has 1 aromatic heterocycles. The number of ether oxygens (including phenoxy) is 1. The zero-order valence-electron chi connectivity index (χ0n) is 12.3. The minimum absolute atomic E-state index is 0.0369. The van der Waals surface area contributed by atoms with Crippen LogP contribution in [0.4, 0.5) is 8.78 Å². The maximum Gasteiger partial charge on any atom is 0.278 e. The number of hydrogen-bond acceptors (Lipinski definition) is 2. The molecule has 0 unspecified atom stereocenters. The van der Waals surface area contributed by atoms with Gasteiger partial charge in [0.1, 0.15) is 5.75 Å². The maximum absolute atomic E-state index is 13.4. The van der Waals surface area contributed by atoms with Crippen LogP contribution in [0, 0.1) is 0 Å². The number of alkyl halides is 2. The average Bonchev–Trinajstić information content (AvgIpc) is 3.04. The van der Waals surface area contributed by atoms with Crippen molar-refractivity contribution >= 4 is 10.9 Å². The van der Waals surface area contributed by atoms with Gasteiger partial charge in [-0.25, -0.2) is 8.78 Å². The minimum atomic E-state index is -2.50. The van der Waals surface area contributed by atoms with Crippen molar-refractivity contribution in [3.8, 4) is 5.75 Å². The molecule has 0 amide bonds. The highest BCUT2D eigenvalue weighted by atomic mass is 19.3. The molecule has 2 aromatic rings. The average molecular weight is 294 g/mol. The Balaban J connectivity index is 2.10. The van der Waals surface area contributed by atoms with Crippen molar-refractivity contribution in [2.75, 3.05) is 20.7 Å². The Morgan fingerprint density at radius 3 is 2.86 bits per heavy atom. The molecule has 0 saturated carbocycles. The molecule has 0 spiro atoms. The molecule has 3 nitrogen and oxygen atoms in total. The van der Waals surface area contributed by atoms with Crippen molar-refractivity contribution in [1.29, 1.82) is 0 Å². The SMILES string of the molecule is COc1cccc2[nH]c(C(F)F)c(C[C@H]3CCCN3C)c12. The van der Waals surface area contributed by atoms with Crippen molar-refractivity contribution in [3.05, 3.63) is 29.5 Å². The summed E-state index contributed by atoms with van der Waals surface area (Å²) < 4.78 is 32.1. The molecule has 1 fully saturated rings. The highest BCUT2D eigenvalue weighted by Gasteiger charge is 2.27. The van der Waals surface area contributed by atoms with Crippen LogP contribution >= 0.6 is 0 Å². The Morgan fingerprint density at radius 2 is 2.24 bits per heavy atom. The van der Waals surface area contributed by atoms with Crippen LogP contribution in [0.1, 0.15) is 30.5 Å². The van der Waals surface area contributed by atoms with Gasteiger partial charge in [0.15, 0.2) is 0 Å². The number of nitrogens with one attached hydrogen (secondary N) is 1. The number of fused-ring (bicyclic) bond motifs is 1. The summed E-state index contributed by atoms with van der Waals surface area (Å²) in [6.07, 6.45) is 0.325. The quantitative estimate of drug-likeness (QED) is 0.930. The largest absolute Gasteiger partial charge is 0.496 e. The summed E-state index contributed by atoms with van der Waals surface area (Å²) in [6, 6.07) is 5.79. The summed E-state index contributed by atoms with van der Waals surface area (Å²) in [7, 11) is 3.64. The van der Waals surface area contributed by atoms with E-state index in [1.165, 1.54) is 0 Å². The topological polar surface area (TPSA) is 28.3 Å². The highest BCUT2D eigenvalue weighted by molar-refractivity contribution is 5.90. The fraction of sp³-hybridized carbons (Fsp3) is 0.500. The van der Waals surface area contributed by atoms with E-state index in [2.05, 4.69) is 16.9 Å². The molecule has 1 aliphatic rings. The molecule has 21 heavy (non-hydrogen) atoms. The van der Waals surface area contributed by atoms with Gasteiger partial charge in [0, 0.05) is 16.9 Å². The van der Waals surface area contributed by atoms with Gasteiger partial charge < -0.3 is 14.6 Å². The van der Waals surface area contributed by atoms with Crippen LogP contribution < -0.4 is 4.74 Å². The summed E-state index contributed by atoms with van der Waals surface area (Å²) in [5.74, 6) is 0.659. The summed E-state index contributed by atoms with van der Waals surface area (Å²) in [5, 5.41) is 0.801. The molecule has 1 atom stereocenters. The van der Waals surface area contributed by atoms with Gasteiger partial charge in [-0.15, -0.1) is 0 Å². The second-order valence-electron chi connectivity index (χ2n) is 5.68. The lowest BCUT2D eigenvalue weighted by molar-refractivity contribution is 0.145. The lowest BCUT2D eigenvalue weighted by Crippen LogP contribution is -2.27. The number of likely N-dealkylation sites (N-methyl/N-ethyl adjacent to an activating group) is 1. The predicted octanol–water partition coefficient (Wildman–Crippen LogP) is 3.75. The number of H-pyrrole nitrogens is 1. The number of methoxy groups -OCH3 is 1. The van der Waals surface area contributed by atoms with Gasteiger partial charge in [-0.05, 0) is 50.6 Å². The number of rotatable bonds is 4. The first-order valence-electron chi connectivity index (χ1n) is 7.27.